The van der Waals surface area contributed by atoms with Gasteiger partial charge in [0.2, 0.25) is 5.95 Å². The Kier molecular flexibility index (Phi) is 7.09. The molecule has 0 bridgehead atoms. The number of anilines is 1. The van der Waals surface area contributed by atoms with Gasteiger partial charge in [-0.1, -0.05) is 35.4 Å². The van der Waals surface area contributed by atoms with E-state index in [4.69, 9.17) is 27.1 Å². The quantitative estimate of drug-likeness (QED) is 0.202. The van der Waals surface area contributed by atoms with Crippen LogP contribution in [0.2, 0.25) is 5.02 Å². The first kappa shape index (κ1) is 27.1. The average Bonchev–Trinajstić information content (AvgIpc) is 3.42. The first-order valence-corrected chi connectivity index (χ1v) is 14.5. The van der Waals surface area contributed by atoms with Crippen molar-refractivity contribution in [3.8, 4) is 11.3 Å². The Bertz CT molecular complexity index is 1780. The van der Waals surface area contributed by atoms with Gasteiger partial charge >= 0.3 is 5.97 Å². The fourth-order valence-electron chi connectivity index (χ4n) is 5.54. The summed E-state index contributed by atoms with van der Waals surface area (Å²) < 4.78 is 21.2. The molecule has 1 aliphatic carbocycles. The summed E-state index contributed by atoms with van der Waals surface area (Å²) >= 11 is 7.39. The van der Waals surface area contributed by atoms with E-state index in [2.05, 4.69) is 4.98 Å². The van der Waals surface area contributed by atoms with Gasteiger partial charge in [0.1, 0.15) is 5.82 Å². The standard InChI is InChI=1S/C31H26ClFN4O3S/c1-3-40-30(39)27-25(20-14-18-13-16(2)7-12-21(18)35-28(20)33)26-23(5-4-6-24(26)38)37(29(27)34)31-36-22(15-41-31)17-8-10-19(32)11-9-17/h7-15,25H,3-6,34H2,1-2H3. The number of benzene rings is 2. The molecule has 3 heterocycles. The van der Waals surface area contributed by atoms with Crippen molar-refractivity contribution in [3.63, 3.8) is 0 Å². The van der Waals surface area contributed by atoms with Gasteiger partial charge in [0.25, 0.3) is 0 Å². The highest BCUT2D eigenvalue weighted by Crippen LogP contribution is 2.48. The number of fused-ring (bicyclic) bond motifs is 1. The summed E-state index contributed by atoms with van der Waals surface area (Å²) in [7, 11) is 0. The molecular formula is C31H26ClFN4O3S. The van der Waals surface area contributed by atoms with Crippen molar-refractivity contribution in [2.45, 2.75) is 39.0 Å². The number of rotatable bonds is 5. The fraction of sp³-hybridized carbons (Fsp3) is 0.226. The van der Waals surface area contributed by atoms with E-state index in [1.807, 2.05) is 36.6 Å². The second-order valence-electron chi connectivity index (χ2n) is 10.0. The molecule has 6 rings (SSSR count). The minimum absolute atomic E-state index is 0.00297. The van der Waals surface area contributed by atoms with Crippen molar-refractivity contribution in [1.29, 1.82) is 0 Å². The molecule has 208 valence electrons. The highest BCUT2D eigenvalue weighted by atomic mass is 35.5. The molecule has 0 radical (unpaired) electrons. The number of aromatic nitrogens is 2. The molecule has 4 aromatic rings. The van der Waals surface area contributed by atoms with Crippen LogP contribution in [0.1, 0.15) is 43.2 Å². The van der Waals surface area contributed by atoms with E-state index in [1.165, 1.54) is 11.3 Å². The molecule has 0 spiro atoms. The maximum Gasteiger partial charge on any atom is 0.338 e. The summed E-state index contributed by atoms with van der Waals surface area (Å²) in [4.78, 5) is 37.8. The molecule has 0 fully saturated rings. The number of carbonyl (C=O) groups is 2. The molecule has 2 N–H and O–H groups in total. The molecule has 1 unspecified atom stereocenters. The first-order chi connectivity index (χ1) is 19.8. The zero-order chi connectivity index (χ0) is 28.8. The Labute approximate surface area is 245 Å². The van der Waals surface area contributed by atoms with E-state index in [1.54, 1.807) is 36.1 Å². The minimum atomic E-state index is -1.07. The lowest BCUT2D eigenvalue weighted by atomic mass is 9.75. The highest BCUT2D eigenvalue weighted by molar-refractivity contribution is 7.14. The van der Waals surface area contributed by atoms with Gasteiger partial charge in [0.05, 0.1) is 29.3 Å². The second kappa shape index (κ2) is 10.7. The Morgan fingerprint density at radius 2 is 1.95 bits per heavy atom. The van der Waals surface area contributed by atoms with Crippen LogP contribution in [-0.4, -0.2) is 28.3 Å². The summed E-state index contributed by atoms with van der Waals surface area (Å²) in [6.45, 7) is 3.69. The van der Waals surface area contributed by atoms with Gasteiger partial charge in [0.15, 0.2) is 10.9 Å². The van der Waals surface area contributed by atoms with Crippen LogP contribution in [0, 0.1) is 12.9 Å². The zero-order valence-corrected chi connectivity index (χ0v) is 24.0. The fourth-order valence-corrected chi connectivity index (χ4v) is 6.53. The van der Waals surface area contributed by atoms with Crippen LogP contribution < -0.4 is 10.6 Å². The lowest BCUT2D eigenvalue weighted by Gasteiger charge is -2.39. The number of hydrogen-bond donors (Lipinski definition) is 1. The molecule has 0 saturated carbocycles. The Morgan fingerprint density at radius 1 is 1.17 bits per heavy atom. The predicted octanol–water partition coefficient (Wildman–Crippen LogP) is 6.80. The lowest BCUT2D eigenvalue weighted by Crippen LogP contribution is -2.41. The topological polar surface area (TPSA) is 98.4 Å². The van der Waals surface area contributed by atoms with Crippen LogP contribution in [0.15, 0.2) is 76.6 Å². The number of nitrogens with two attached hydrogens (primary N) is 1. The number of ketones is 1. The van der Waals surface area contributed by atoms with Crippen LogP contribution in [0.25, 0.3) is 22.2 Å². The number of thiazole rings is 1. The van der Waals surface area contributed by atoms with Crippen molar-refractivity contribution >= 4 is 50.7 Å². The third kappa shape index (κ3) is 4.79. The van der Waals surface area contributed by atoms with E-state index in [0.29, 0.717) is 50.9 Å². The zero-order valence-electron chi connectivity index (χ0n) is 22.4. The van der Waals surface area contributed by atoms with Crippen LogP contribution in [0.4, 0.5) is 9.52 Å². The minimum Gasteiger partial charge on any atom is -0.463 e. The van der Waals surface area contributed by atoms with E-state index >= 15 is 4.39 Å². The third-order valence-electron chi connectivity index (χ3n) is 7.37. The van der Waals surface area contributed by atoms with Crippen LogP contribution in [0.3, 0.4) is 0 Å². The summed E-state index contributed by atoms with van der Waals surface area (Å²) in [5.74, 6) is -2.67. The lowest BCUT2D eigenvalue weighted by molar-refractivity contribution is -0.138. The third-order valence-corrected chi connectivity index (χ3v) is 8.45. The van der Waals surface area contributed by atoms with Crippen LogP contribution in [-0.2, 0) is 14.3 Å². The van der Waals surface area contributed by atoms with Gasteiger partial charge in [-0.2, -0.15) is 4.39 Å². The number of esters is 1. The van der Waals surface area contributed by atoms with Crippen LogP contribution in [0.5, 0.6) is 0 Å². The number of carbonyl (C=O) groups excluding carboxylic acids is 2. The average molecular weight is 589 g/mol. The van der Waals surface area contributed by atoms with E-state index in [-0.39, 0.29) is 35.8 Å². The predicted molar refractivity (Wildman–Crippen MR) is 158 cm³/mol. The molecule has 2 aromatic heterocycles. The molecule has 1 atom stereocenters. The molecule has 0 amide bonds. The Balaban J connectivity index is 1.57. The van der Waals surface area contributed by atoms with Gasteiger partial charge in [-0.15, -0.1) is 11.3 Å². The number of halogens is 2. The monoisotopic (exact) mass is 588 g/mol. The van der Waals surface area contributed by atoms with Gasteiger partial charge < -0.3 is 10.5 Å². The van der Waals surface area contributed by atoms with Crippen molar-refractivity contribution < 1.29 is 18.7 Å². The Hall–Kier alpha value is -4.08. The largest absolute Gasteiger partial charge is 0.463 e. The van der Waals surface area contributed by atoms with Crippen molar-refractivity contribution in [3.05, 3.63) is 98.7 Å². The number of allylic oxidation sites excluding steroid dienone is 2. The van der Waals surface area contributed by atoms with Crippen molar-refractivity contribution in [2.24, 2.45) is 5.73 Å². The SMILES string of the molecule is CCOC(=O)C1=C(N)N(c2nc(-c3ccc(Cl)cc3)cs2)C2=C(C(=O)CCC2)C1c1cc2cc(C)ccc2nc1F. The summed E-state index contributed by atoms with van der Waals surface area (Å²) in [5.41, 5.74) is 10.8. The number of nitrogens with zero attached hydrogens (tertiary/aromatic N) is 3. The maximum atomic E-state index is 15.8. The normalized spacial score (nSPS) is 17.3. The number of ether oxygens (including phenoxy) is 1. The number of hydrogen-bond acceptors (Lipinski definition) is 8. The van der Waals surface area contributed by atoms with E-state index in [9.17, 15) is 9.59 Å². The molecule has 1 aliphatic heterocycles. The summed E-state index contributed by atoms with van der Waals surface area (Å²) in [6, 6.07) is 14.4. The molecule has 41 heavy (non-hydrogen) atoms. The van der Waals surface area contributed by atoms with Gasteiger partial charge in [-0.25, -0.2) is 14.8 Å². The molecule has 2 aromatic carbocycles. The summed E-state index contributed by atoms with van der Waals surface area (Å²) in [5, 5.41) is 3.67. The van der Waals surface area contributed by atoms with E-state index in [0.717, 1.165) is 11.1 Å². The molecule has 2 aliphatic rings. The highest BCUT2D eigenvalue weighted by Gasteiger charge is 2.45. The number of Topliss-reactive ketones (excluding diaryl/α,β-unsaturated/α-hetero) is 1. The van der Waals surface area contributed by atoms with Crippen LogP contribution >= 0.6 is 22.9 Å². The van der Waals surface area contributed by atoms with Gasteiger partial charge in [0, 0.05) is 44.6 Å². The number of pyridine rings is 1. The van der Waals surface area contributed by atoms with Gasteiger partial charge in [-0.3, -0.25) is 9.69 Å². The Morgan fingerprint density at radius 3 is 2.71 bits per heavy atom. The summed E-state index contributed by atoms with van der Waals surface area (Å²) in [6.07, 6.45) is 1.37. The second-order valence-corrected chi connectivity index (χ2v) is 11.3. The van der Waals surface area contributed by atoms with Crippen molar-refractivity contribution in [2.75, 3.05) is 11.5 Å². The van der Waals surface area contributed by atoms with Crippen molar-refractivity contribution in [1.82, 2.24) is 9.97 Å². The molecule has 0 saturated heterocycles. The molecular weight excluding hydrogens is 563 g/mol. The van der Waals surface area contributed by atoms with E-state index < -0.39 is 17.8 Å². The molecule has 10 heteroatoms. The van der Waals surface area contributed by atoms with Gasteiger partial charge in [-0.05, 0) is 57.0 Å². The smallest absolute Gasteiger partial charge is 0.338 e. The number of aryl methyl sites for hydroxylation is 1. The molecule has 7 nitrogen and oxygen atoms in total. The first-order valence-electron chi connectivity index (χ1n) is 13.3. The maximum absolute atomic E-state index is 15.8.